The molecule has 0 aliphatic rings. The van der Waals surface area contributed by atoms with E-state index in [-0.39, 0.29) is 64.5 Å². The van der Waals surface area contributed by atoms with Crippen molar-refractivity contribution in [2.75, 3.05) is 0 Å². The highest BCUT2D eigenvalue weighted by Crippen LogP contribution is 2.48. The Bertz CT molecular complexity index is 5180. The van der Waals surface area contributed by atoms with Gasteiger partial charge in [0.2, 0.25) is 0 Å². The Hall–Kier alpha value is -8.64. The molecule has 4 nitrogen and oxygen atoms in total. The van der Waals surface area contributed by atoms with Gasteiger partial charge in [0.1, 0.15) is 11.2 Å². The quantitative estimate of drug-likeness (QED) is 0.178. The van der Waals surface area contributed by atoms with Crippen LogP contribution in [-0.2, 0) is 0 Å². The summed E-state index contributed by atoms with van der Waals surface area (Å²) in [5.74, 6) is 0. The SMILES string of the molecule is [2H]c1c([2H])c([2H])c(-n2c3c4ccccc4ccc3c3c4ccccc4c4c5ccccc5oc4c32)c([2H])c1[2H].[2H]c1c([2H])c([2H])c(Br)c([2H])c1[2H].c1ccc2c(c1)ccc1c2[nH]c2c3oc4ccccc4c3c3ccccc3c12. The lowest BCUT2D eigenvalue weighted by molar-refractivity contribution is 0.671. The molecular formula is C64H39BrN2O2. The molecule has 0 unspecified atom stereocenters. The fourth-order valence-electron chi connectivity index (χ4n) is 10.5. The largest absolute Gasteiger partial charge is 0.454 e. The van der Waals surface area contributed by atoms with Gasteiger partial charge >= 0.3 is 0 Å². The van der Waals surface area contributed by atoms with Crippen LogP contribution in [0.15, 0.2) is 244 Å². The summed E-state index contributed by atoms with van der Waals surface area (Å²) in [5, 5.41) is 17.5. The summed E-state index contributed by atoms with van der Waals surface area (Å²) in [5.41, 5.74) is 7.04. The molecule has 12 aromatic carbocycles. The number of para-hydroxylation sites is 3. The normalized spacial score (nSPS) is 13.9. The first-order valence-corrected chi connectivity index (χ1v) is 23.3. The topological polar surface area (TPSA) is 47.0 Å². The van der Waals surface area contributed by atoms with Crippen LogP contribution in [0.4, 0.5) is 0 Å². The number of benzene rings is 12. The van der Waals surface area contributed by atoms with E-state index in [9.17, 15) is 0 Å². The van der Waals surface area contributed by atoms with Gasteiger partial charge in [-0.25, -0.2) is 0 Å². The smallest absolute Gasteiger partial charge is 0.160 e. The molecule has 69 heavy (non-hydrogen) atoms. The van der Waals surface area contributed by atoms with E-state index >= 15 is 0 Å². The maximum absolute atomic E-state index is 8.92. The number of rotatable bonds is 1. The van der Waals surface area contributed by atoms with Gasteiger partial charge in [-0.1, -0.05) is 210 Å². The van der Waals surface area contributed by atoms with Crippen molar-refractivity contribution in [3.05, 3.63) is 235 Å². The lowest BCUT2D eigenvalue weighted by Gasteiger charge is -2.10. The van der Waals surface area contributed by atoms with Crippen molar-refractivity contribution in [2.24, 2.45) is 0 Å². The number of halogens is 1. The van der Waals surface area contributed by atoms with Gasteiger partial charge in [-0.2, -0.15) is 0 Å². The predicted octanol–water partition coefficient (Wildman–Crippen LogP) is 19.0. The summed E-state index contributed by atoms with van der Waals surface area (Å²) in [7, 11) is 0. The zero-order valence-electron chi connectivity index (χ0n) is 46.3. The van der Waals surface area contributed by atoms with Crippen molar-refractivity contribution in [2.45, 2.75) is 0 Å². The highest BCUT2D eigenvalue weighted by atomic mass is 79.9. The molecule has 324 valence electrons. The third-order valence-corrected chi connectivity index (χ3v) is 13.7. The fraction of sp³-hybridized carbons (Fsp3) is 0. The van der Waals surface area contributed by atoms with Crippen LogP contribution in [0.1, 0.15) is 13.7 Å². The number of nitrogens with one attached hydrogen (secondary N) is 1. The van der Waals surface area contributed by atoms with Gasteiger partial charge < -0.3 is 18.4 Å². The maximum atomic E-state index is 8.92. The van der Waals surface area contributed by atoms with E-state index in [2.05, 4.69) is 118 Å². The van der Waals surface area contributed by atoms with Crippen LogP contribution in [0.5, 0.6) is 0 Å². The molecule has 0 radical (unpaired) electrons. The van der Waals surface area contributed by atoms with Crippen LogP contribution in [-0.4, -0.2) is 9.55 Å². The van der Waals surface area contributed by atoms with Gasteiger partial charge in [-0.05, 0) is 68.6 Å². The summed E-state index contributed by atoms with van der Waals surface area (Å²) in [6.45, 7) is 0. The van der Waals surface area contributed by atoms with Crippen molar-refractivity contribution < 1.29 is 22.5 Å². The number of aromatic amines is 1. The Morgan fingerprint density at radius 2 is 0.826 bits per heavy atom. The zero-order valence-corrected chi connectivity index (χ0v) is 37.9. The number of nitrogens with zero attached hydrogens (tertiary/aromatic N) is 1. The second kappa shape index (κ2) is 15.7. The van der Waals surface area contributed by atoms with Gasteiger partial charge in [-0.3, -0.25) is 0 Å². The first kappa shape index (κ1) is 30.6. The minimum absolute atomic E-state index is 0.105. The molecule has 0 bridgehead atoms. The Morgan fingerprint density at radius 1 is 0.362 bits per heavy atom. The minimum atomic E-state index is -0.418. The lowest BCUT2D eigenvalue weighted by Crippen LogP contribution is -1.94. The van der Waals surface area contributed by atoms with Crippen molar-refractivity contribution >= 4 is 147 Å². The van der Waals surface area contributed by atoms with Crippen molar-refractivity contribution in [3.8, 4) is 5.69 Å². The molecule has 0 amide bonds. The number of furan rings is 2. The highest BCUT2D eigenvalue weighted by molar-refractivity contribution is 9.10. The molecule has 16 rings (SSSR count). The monoisotopic (exact) mass is 956 g/mol. The number of aromatic nitrogens is 2. The first-order chi connectivity index (χ1) is 38.3. The third-order valence-electron chi connectivity index (χ3n) is 13.3. The van der Waals surface area contributed by atoms with Gasteiger partial charge in [0.05, 0.1) is 35.8 Å². The third kappa shape index (κ3) is 6.07. The summed E-state index contributed by atoms with van der Waals surface area (Å²) >= 11 is 2.92. The average molecular weight is 958 g/mol. The average Bonchev–Trinajstić information content (AvgIpc) is 4.29. The highest BCUT2D eigenvalue weighted by Gasteiger charge is 2.24. The molecule has 0 atom stereocenters. The number of fused-ring (bicyclic) bond motifs is 24. The second-order valence-electron chi connectivity index (χ2n) is 16.9. The molecule has 4 aromatic heterocycles. The molecular weight excluding hydrogens is 909 g/mol. The van der Waals surface area contributed by atoms with Crippen LogP contribution < -0.4 is 0 Å². The molecule has 0 spiro atoms. The van der Waals surface area contributed by atoms with Crippen LogP contribution >= 0.6 is 15.9 Å². The summed E-state index contributed by atoms with van der Waals surface area (Å²) in [6, 6.07) is 55.0. The van der Waals surface area contributed by atoms with E-state index < -0.39 is 6.04 Å². The van der Waals surface area contributed by atoms with E-state index in [1.54, 1.807) is 0 Å². The van der Waals surface area contributed by atoms with Crippen LogP contribution in [0.2, 0.25) is 0 Å². The Kier molecular flexibility index (Phi) is 6.98. The standard InChI is InChI=1S/C32H19NO.C26H15NO.C6H5Br/c1-2-11-21(12-3-1)33-30-22-13-5-4-10-20(22)18-19-26(30)28-23-14-6-7-15-24(23)29-25-16-8-9-17-27(25)34-32(29)31(28)33;1-2-8-16-15(7-1)13-14-20-22-17-9-3-4-10-18(17)23-19-11-5-6-12-21(19)28-26(23)25(22)27-24(16)20;7-6-4-2-1-3-5-6/h1-19H;1-14,27H;1-5H/i1D,2D,3D,11D,12D;;1D,2D,3D,4D,5D. The van der Waals surface area contributed by atoms with Crippen molar-refractivity contribution in [1.82, 2.24) is 9.55 Å². The molecule has 0 saturated heterocycles. The molecule has 4 heterocycles. The van der Waals surface area contributed by atoms with E-state index in [1.807, 2.05) is 77.4 Å². The molecule has 5 heteroatoms. The predicted molar refractivity (Wildman–Crippen MR) is 295 cm³/mol. The number of hydrogen-bond donors (Lipinski definition) is 1. The van der Waals surface area contributed by atoms with Crippen molar-refractivity contribution in [3.63, 3.8) is 0 Å². The lowest BCUT2D eigenvalue weighted by atomic mass is 9.98. The summed E-state index contributed by atoms with van der Waals surface area (Å²) in [4.78, 5) is 3.72. The van der Waals surface area contributed by atoms with Crippen LogP contribution in [0.3, 0.4) is 0 Å². The maximum Gasteiger partial charge on any atom is 0.160 e. The van der Waals surface area contributed by atoms with Gasteiger partial charge in [0.25, 0.3) is 0 Å². The van der Waals surface area contributed by atoms with Gasteiger partial charge in [0, 0.05) is 64.0 Å². The van der Waals surface area contributed by atoms with Crippen LogP contribution in [0.25, 0.3) is 136 Å². The summed E-state index contributed by atoms with van der Waals surface area (Å²) < 4.78 is 94.0. The van der Waals surface area contributed by atoms with E-state index in [0.717, 1.165) is 70.9 Å². The number of hydrogen-bond acceptors (Lipinski definition) is 2. The molecule has 0 aliphatic heterocycles. The first-order valence-electron chi connectivity index (χ1n) is 27.5. The molecule has 1 N–H and O–H groups in total. The molecule has 0 fully saturated rings. The van der Waals surface area contributed by atoms with E-state index in [1.165, 1.54) is 48.6 Å². The Balaban J connectivity index is 0.000000122. The van der Waals surface area contributed by atoms with Crippen LogP contribution in [0, 0.1) is 0 Å². The van der Waals surface area contributed by atoms with Gasteiger partial charge in [-0.15, -0.1) is 0 Å². The Morgan fingerprint density at radius 3 is 1.46 bits per heavy atom. The molecule has 0 saturated carbocycles. The Labute approximate surface area is 417 Å². The minimum Gasteiger partial charge on any atom is -0.454 e. The fourth-order valence-corrected chi connectivity index (χ4v) is 10.7. The molecule has 16 aromatic rings. The molecule has 0 aliphatic carbocycles. The van der Waals surface area contributed by atoms with Crippen molar-refractivity contribution in [1.29, 1.82) is 0 Å². The summed E-state index contributed by atoms with van der Waals surface area (Å²) in [6.07, 6.45) is 0. The zero-order chi connectivity index (χ0) is 54.3. The van der Waals surface area contributed by atoms with Gasteiger partial charge in [0.15, 0.2) is 11.2 Å². The second-order valence-corrected chi connectivity index (χ2v) is 17.7. The number of H-pyrrole nitrogens is 1. The van der Waals surface area contributed by atoms with E-state index in [0.29, 0.717) is 11.1 Å². The van der Waals surface area contributed by atoms with E-state index in [4.69, 9.17) is 22.5 Å².